The van der Waals surface area contributed by atoms with Gasteiger partial charge in [0.15, 0.2) is 0 Å². The highest BCUT2D eigenvalue weighted by atomic mass is 16.5. The Morgan fingerprint density at radius 2 is 0.575 bits per heavy atom. The third kappa shape index (κ3) is 5.66. The fourth-order valence-corrected chi connectivity index (χ4v) is 4.59. The molecule has 5 aromatic carbocycles. The van der Waals surface area contributed by atoms with E-state index in [1.54, 1.807) is 28.4 Å². The summed E-state index contributed by atoms with van der Waals surface area (Å²) in [6.45, 7) is 0. The van der Waals surface area contributed by atoms with E-state index in [9.17, 15) is 0 Å². The topological polar surface area (TPSA) is 43.4 Å². The smallest absolute Gasteiger partial charge is 0.119 e. The van der Waals surface area contributed by atoms with Crippen LogP contribution < -0.4 is 28.7 Å². The van der Waals surface area contributed by atoms with E-state index in [0.29, 0.717) is 0 Å². The molecular weight excluding hydrogens is 500 g/mol. The lowest BCUT2D eigenvalue weighted by molar-refractivity contribution is 0.414. The molecule has 6 heteroatoms. The van der Waals surface area contributed by atoms with Gasteiger partial charge in [0.2, 0.25) is 0 Å². The molecular formula is C34H32N2O4. The number of hydrogen-bond donors (Lipinski definition) is 0. The van der Waals surface area contributed by atoms with Crippen molar-refractivity contribution in [3.05, 3.63) is 121 Å². The Morgan fingerprint density at radius 3 is 0.800 bits per heavy atom. The van der Waals surface area contributed by atoms with E-state index in [0.717, 1.165) is 57.1 Å². The molecule has 5 aromatic rings. The number of rotatable bonds is 10. The zero-order valence-electron chi connectivity index (χ0n) is 23.1. The minimum atomic E-state index is 0.803. The first kappa shape index (κ1) is 26.5. The van der Waals surface area contributed by atoms with Crippen LogP contribution in [0.3, 0.4) is 0 Å². The van der Waals surface area contributed by atoms with E-state index < -0.39 is 0 Å². The van der Waals surface area contributed by atoms with E-state index in [4.69, 9.17) is 18.9 Å². The molecule has 0 atom stereocenters. The van der Waals surface area contributed by atoms with Crippen LogP contribution in [0.25, 0.3) is 0 Å². The van der Waals surface area contributed by atoms with Crippen molar-refractivity contribution >= 4 is 34.1 Å². The summed E-state index contributed by atoms with van der Waals surface area (Å²) < 4.78 is 21.7. The van der Waals surface area contributed by atoms with Gasteiger partial charge >= 0.3 is 0 Å². The second-order valence-electron chi connectivity index (χ2n) is 8.98. The van der Waals surface area contributed by atoms with Gasteiger partial charge in [-0.2, -0.15) is 0 Å². The second-order valence-corrected chi connectivity index (χ2v) is 8.98. The van der Waals surface area contributed by atoms with Crippen LogP contribution in [-0.2, 0) is 0 Å². The fourth-order valence-electron chi connectivity index (χ4n) is 4.59. The summed E-state index contributed by atoms with van der Waals surface area (Å²) in [5.41, 5.74) is 6.01. The average Bonchev–Trinajstić information content (AvgIpc) is 3.03. The molecule has 40 heavy (non-hydrogen) atoms. The Balaban J connectivity index is 1.63. The maximum atomic E-state index is 5.41. The monoisotopic (exact) mass is 532 g/mol. The third-order valence-electron chi connectivity index (χ3n) is 6.67. The van der Waals surface area contributed by atoms with Gasteiger partial charge in [-0.1, -0.05) is 6.07 Å². The van der Waals surface area contributed by atoms with Gasteiger partial charge in [-0.25, -0.2) is 0 Å². The molecule has 0 aromatic heterocycles. The van der Waals surface area contributed by atoms with Crippen LogP contribution in [0.5, 0.6) is 23.0 Å². The number of hydrogen-bond acceptors (Lipinski definition) is 6. The number of nitrogens with zero attached hydrogens (tertiary/aromatic N) is 2. The fraction of sp³-hybridized carbons (Fsp3) is 0.118. The molecule has 0 heterocycles. The van der Waals surface area contributed by atoms with Gasteiger partial charge in [-0.3, -0.25) is 0 Å². The molecule has 0 saturated carbocycles. The quantitative estimate of drug-likeness (QED) is 0.179. The second kappa shape index (κ2) is 12.2. The van der Waals surface area contributed by atoms with Crippen LogP contribution in [0.1, 0.15) is 0 Å². The lowest BCUT2D eigenvalue weighted by Crippen LogP contribution is -2.13. The van der Waals surface area contributed by atoms with E-state index in [2.05, 4.69) is 82.6 Å². The highest BCUT2D eigenvalue weighted by Crippen LogP contribution is 2.41. The van der Waals surface area contributed by atoms with Gasteiger partial charge in [0.05, 0.1) is 28.4 Å². The maximum Gasteiger partial charge on any atom is 0.119 e. The van der Waals surface area contributed by atoms with E-state index in [1.165, 1.54) is 0 Å². The molecule has 0 aliphatic rings. The largest absolute Gasteiger partial charge is 0.497 e. The molecule has 0 aliphatic heterocycles. The van der Waals surface area contributed by atoms with E-state index in [1.807, 2.05) is 48.5 Å². The Bertz CT molecular complexity index is 1310. The zero-order chi connectivity index (χ0) is 27.9. The van der Waals surface area contributed by atoms with Crippen molar-refractivity contribution in [1.29, 1.82) is 0 Å². The molecule has 0 bridgehead atoms. The van der Waals surface area contributed by atoms with Crippen LogP contribution in [0.15, 0.2) is 121 Å². The Hall–Kier alpha value is -5.10. The molecule has 0 unspecified atom stereocenters. The van der Waals surface area contributed by atoms with Crippen LogP contribution in [0.2, 0.25) is 0 Å². The predicted octanol–water partition coefficient (Wildman–Crippen LogP) is 8.66. The lowest BCUT2D eigenvalue weighted by atomic mass is 10.1. The van der Waals surface area contributed by atoms with Crippen molar-refractivity contribution in [3.8, 4) is 23.0 Å². The van der Waals surface area contributed by atoms with Gasteiger partial charge in [-0.05, 0) is 115 Å². The highest BCUT2D eigenvalue weighted by molar-refractivity contribution is 5.83. The number of ether oxygens (including phenoxy) is 4. The average molecular weight is 533 g/mol. The summed E-state index contributed by atoms with van der Waals surface area (Å²) in [6, 6.07) is 40.7. The molecule has 0 fully saturated rings. The summed E-state index contributed by atoms with van der Waals surface area (Å²) in [7, 11) is 6.69. The van der Waals surface area contributed by atoms with Crippen LogP contribution in [-0.4, -0.2) is 28.4 Å². The van der Waals surface area contributed by atoms with Crippen molar-refractivity contribution in [1.82, 2.24) is 0 Å². The first-order valence-corrected chi connectivity index (χ1v) is 12.9. The number of anilines is 6. The molecule has 0 amide bonds. The molecule has 0 N–H and O–H groups in total. The summed E-state index contributed by atoms with van der Waals surface area (Å²) in [6.07, 6.45) is 0. The molecule has 0 radical (unpaired) electrons. The lowest BCUT2D eigenvalue weighted by Gasteiger charge is -2.29. The van der Waals surface area contributed by atoms with Gasteiger partial charge in [-0.15, -0.1) is 0 Å². The van der Waals surface area contributed by atoms with E-state index in [-0.39, 0.29) is 0 Å². The highest BCUT2D eigenvalue weighted by Gasteiger charge is 2.17. The molecule has 202 valence electrons. The molecule has 6 nitrogen and oxygen atoms in total. The normalized spacial score (nSPS) is 10.5. The summed E-state index contributed by atoms with van der Waals surface area (Å²) >= 11 is 0. The first-order chi connectivity index (χ1) is 19.6. The van der Waals surface area contributed by atoms with Crippen molar-refractivity contribution in [2.75, 3.05) is 38.2 Å². The minimum Gasteiger partial charge on any atom is -0.497 e. The van der Waals surface area contributed by atoms with Crippen LogP contribution in [0, 0.1) is 0 Å². The Kier molecular flexibility index (Phi) is 8.07. The van der Waals surface area contributed by atoms with Gasteiger partial charge in [0, 0.05) is 34.1 Å². The number of benzene rings is 5. The zero-order valence-corrected chi connectivity index (χ0v) is 23.1. The van der Waals surface area contributed by atoms with Crippen molar-refractivity contribution in [2.24, 2.45) is 0 Å². The molecule has 0 spiro atoms. The number of methoxy groups -OCH3 is 4. The standard InChI is InChI=1S/C34H32N2O4/c1-37-31-16-8-25(9-17-31)35(26-10-18-32(38-2)19-11-26)29-6-5-7-30(24-29)36(27-12-20-33(39-3)21-13-27)28-14-22-34(40-4)23-15-28/h5-24H,1-4H3. The predicted molar refractivity (Wildman–Crippen MR) is 162 cm³/mol. The van der Waals surface area contributed by atoms with Gasteiger partial charge < -0.3 is 28.7 Å². The van der Waals surface area contributed by atoms with E-state index >= 15 is 0 Å². The SMILES string of the molecule is COc1ccc(N(c2ccc(OC)cc2)c2cccc(N(c3ccc(OC)cc3)c3ccc(OC)cc3)c2)cc1. The van der Waals surface area contributed by atoms with Crippen molar-refractivity contribution < 1.29 is 18.9 Å². The molecule has 5 rings (SSSR count). The van der Waals surface area contributed by atoms with Crippen molar-refractivity contribution in [3.63, 3.8) is 0 Å². The molecule has 0 aliphatic carbocycles. The molecule has 0 saturated heterocycles. The Labute approximate surface area is 235 Å². The third-order valence-corrected chi connectivity index (χ3v) is 6.67. The van der Waals surface area contributed by atoms with Crippen LogP contribution >= 0.6 is 0 Å². The van der Waals surface area contributed by atoms with Crippen LogP contribution in [0.4, 0.5) is 34.1 Å². The Morgan fingerprint density at radius 1 is 0.325 bits per heavy atom. The first-order valence-electron chi connectivity index (χ1n) is 12.9. The summed E-state index contributed by atoms with van der Waals surface area (Å²) in [5.74, 6) is 3.21. The minimum absolute atomic E-state index is 0.803. The maximum absolute atomic E-state index is 5.41. The van der Waals surface area contributed by atoms with Gasteiger partial charge in [0.1, 0.15) is 23.0 Å². The van der Waals surface area contributed by atoms with Crippen molar-refractivity contribution in [2.45, 2.75) is 0 Å². The van der Waals surface area contributed by atoms with Gasteiger partial charge in [0.25, 0.3) is 0 Å². The summed E-state index contributed by atoms with van der Waals surface area (Å²) in [5, 5.41) is 0. The summed E-state index contributed by atoms with van der Waals surface area (Å²) in [4.78, 5) is 4.42.